The van der Waals surface area contributed by atoms with Gasteiger partial charge in [0.25, 0.3) is 0 Å². The Bertz CT molecular complexity index is 463. The Morgan fingerprint density at radius 1 is 1.50 bits per heavy atom. The Hall–Kier alpha value is -2.13. The van der Waals surface area contributed by atoms with Crippen molar-refractivity contribution < 1.29 is 32.0 Å². The standard InChI is InChI=1S/C8H6F4N2O4/c1-17-5-3-13-7(18-8(10,11)12)4(2-9)6(5)14(15)16/h3H,2H2,1H3. The maximum atomic E-state index is 12.7. The zero-order valence-corrected chi connectivity index (χ0v) is 8.82. The number of alkyl halides is 4. The topological polar surface area (TPSA) is 74.5 Å². The van der Waals surface area contributed by atoms with Gasteiger partial charge in [-0.1, -0.05) is 0 Å². The average molecular weight is 270 g/mol. The number of rotatable bonds is 4. The van der Waals surface area contributed by atoms with Crippen molar-refractivity contribution in [3.8, 4) is 11.6 Å². The van der Waals surface area contributed by atoms with Crippen LogP contribution in [0.4, 0.5) is 23.2 Å². The van der Waals surface area contributed by atoms with Crippen LogP contribution in [0.15, 0.2) is 6.20 Å². The Balaban J connectivity index is 3.38. The van der Waals surface area contributed by atoms with Gasteiger partial charge >= 0.3 is 12.0 Å². The van der Waals surface area contributed by atoms with Crippen LogP contribution >= 0.6 is 0 Å². The fourth-order valence-corrected chi connectivity index (χ4v) is 1.17. The van der Waals surface area contributed by atoms with E-state index < -0.39 is 40.8 Å². The predicted octanol–water partition coefficient (Wildman–Crippen LogP) is 2.37. The van der Waals surface area contributed by atoms with Crippen LogP contribution in [0.1, 0.15) is 5.56 Å². The molecule has 0 aromatic carbocycles. The van der Waals surface area contributed by atoms with Crippen molar-refractivity contribution in [2.24, 2.45) is 0 Å². The molecule has 0 radical (unpaired) electrons. The minimum absolute atomic E-state index is 0.456. The van der Waals surface area contributed by atoms with Crippen molar-refractivity contribution in [1.82, 2.24) is 4.98 Å². The molecule has 1 aromatic heterocycles. The van der Waals surface area contributed by atoms with E-state index in [1.54, 1.807) is 0 Å². The molecule has 0 aliphatic carbocycles. The molecule has 0 saturated carbocycles. The molecule has 0 fully saturated rings. The Kier molecular flexibility index (Phi) is 3.89. The third kappa shape index (κ3) is 2.96. The summed E-state index contributed by atoms with van der Waals surface area (Å²) >= 11 is 0. The number of ether oxygens (including phenoxy) is 2. The smallest absolute Gasteiger partial charge is 0.489 e. The van der Waals surface area contributed by atoms with E-state index >= 15 is 0 Å². The van der Waals surface area contributed by atoms with Gasteiger partial charge in [-0.05, 0) is 0 Å². The average Bonchev–Trinajstić information content (AvgIpc) is 2.26. The Morgan fingerprint density at radius 2 is 2.11 bits per heavy atom. The van der Waals surface area contributed by atoms with E-state index in [0.717, 1.165) is 7.11 Å². The van der Waals surface area contributed by atoms with Crippen molar-refractivity contribution >= 4 is 5.69 Å². The molecule has 6 nitrogen and oxygen atoms in total. The molecule has 100 valence electrons. The van der Waals surface area contributed by atoms with E-state index in [1.165, 1.54) is 0 Å². The maximum Gasteiger partial charge on any atom is 0.574 e. The number of nitrogens with zero attached hydrogens (tertiary/aromatic N) is 2. The molecule has 0 bridgehead atoms. The fourth-order valence-electron chi connectivity index (χ4n) is 1.17. The molecule has 0 N–H and O–H groups in total. The van der Waals surface area contributed by atoms with E-state index in [4.69, 9.17) is 0 Å². The summed E-state index contributed by atoms with van der Waals surface area (Å²) in [6.07, 6.45) is -4.47. The van der Waals surface area contributed by atoms with Crippen molar-refractivity contribution in [3.63, 3.8) is 0 Å². The second-order valence-corrected chi connectivity index (χ2v) is 2.90. The molecule has 0 saturated heterocycles. The Labute approximate surface area is 97.3 Å². The molecule has 0 aliphatic heterocycles. The van der Waals surface area contributed by atoms with Gasteiger partial charge in [0.05, 0.1) is 18.2 Å². The number of hydrogen-bond donors (Lipinski definition) is 0. The van der Waals surface area contributed by atoms with Crippen LogP contribution in [0.3, 0.4) is 0 Å². The summed E-state index contributed by atoms with van der Waals surface area (Å²) in [5.41, 5.74) is -1.88. The van der Waals surface area contributed by atoms with Crippen molar-refractivity contribution in [2.75, 3.05) is 7.11 Å². The van der Waals surface area contributed by atoms with E-state index in [9.17, 15) is 27.7 Å². The summed E-state index contributed by atoms with van der Waals surface area (Å²) in [5.74, 6) is -1.67. The number of pyridine rings is 1. The van der Waals surface area contributed by atoms with Crippen molar-refractivity contribution in [1.29, 1.82) is 0 Å². The van der Waals surface area contributed by atoms with Crippen molar-refractivity contribution in [2.45, 2.75) is 13.0 Å². The van der Waals surface area contributed by atoms with Crippen LogP contribution in [0, 0.1) is 10.1 Å². The molecule has 10 heteroatoms. The van der Waals surface area contributed by atoms with E-state index in [2.05, 4.69) is 14.5 Å². The van der Waals surface area contributed by atoms with Gasteiger partial charge in [-0.3, -0.25) is 10.1 Å². The lowest BCUT2D eigenvalue weighted by Gasteiger charge is -2.11. The monoisotopic (exact) mass is 270 g/mol. The number of hydrogen-bond acceptors (Lipinski definition) is 5. The van der Waals surface area contributed by atoms with E-state index in [-0.39, 0.29) is 0 Å². The normalized spacial score (nSPS) is 11.2. The lowest BCUT2D eigenvalue weighted by molar-refractivity contribution is -0.387. The van der Waals surface area contributed by atoms with E-state index in [0.29, 0.717) is 6.20 Å². The Morgan fingerprint density at radius 3 is 2.50 bits per heavy atom. The second-order valence-electron chi connectivity index (χ2n) is 2.90. The first-order valence-corrected chi connectivity index (χ1v) is 4.32. The van der Waals surface area contributed by atoms with Gasteiger partial charge in [-0.2, -0.15) is 0 Å². The summed E-state index contributed by atoms with van der Waals surface area (Å²) in [6, 6.07) is 0. The minimum Gasteiger partial charge on any atom is -0.489 e. The number of nitro groups is 1. The summed E-state index contributed by atoms with van der Waals surface area (Å²) in [7, 11) is 1.04. The molecular formula is C8H6F4N2O4. The van der Waals surface area contributed by atoms with Gasteiger partial charge in [0.1, 0.15) is 12.2 Å². The summed E-state index contributed by atoms with van der Waals surface area (Å²) in [6.45, 7) is -1.55. The number of aromatic nitrogens is 1. The summed E-state index contributed by atoms with van der Waals surface area (Å²) in [4.78, 5) is 12.7. The molecule has 0 aliphatic rings. The van der Waals surface area contributed by atoms with Gasteiger partial charge in [0, 0.05) is 0 Å². The third-order valence-electron chi connectivity index (χ3n) is 1.82. The van der Waals surface area contributed by atoms with Gasteiger partial charge < -0.3 is 9.47 Å². The number of halogens is 4. The highest BCUT2D eigenvalue weighted by atomic mass is 19.4. The summed E-state index contributed by atoms with van der Waals surface area (Å²) in [5, 5.41) is 10.7. The zero-order valence-electron chi connectivity index (χ0n) is 8.82. The first-order chi connectivity index (χ1) is 8.30. The third-order valence-corrected chi connectivity index (χ3v) is 1.82. The van der Waals surface area contributed by atoms with E-state index in [1.807, 2.05) is 0 Å². The van der Waals surface area contributed by atoms with Crippen LogP contribution < -0.4 is 9.47 Å². The minimum atomic E-state index is -5.13. The molecule has 1 rings (SSSR count). The van der Waals surface area contributed by atoms with Crippen LogP contribution in [0.25, 0.3) is 0 Å². The zero-order chi connectivity index (χ0) is 13.9. The lowest BCUT2D eigenvalue weighted by atomic mass is 10.2. The maximum absolute atomic E-state index is 12.7. The lowest BCUT2D eigenvalue weighted by Crippen LogP contribution is -2.19. The molecule has 1 heterocycles. The second kappa shape index (κ2) is 5.02. The highest BCUT2D eigenvalue weighted by molar-refractivity contribution is 5.55. The highest BCUT2D eigenvalue weighted by Gasteiger charge is 2.36. The summed E-state index contributed by atoms with van der Waals surface area (Å²) < 4.78 is 56.5. The first-order valence-electron chi connectivity index (χ1n) is 4.32. The SMILES string of the molecule is COc1cnc(OC(F)(F)F)c(CF)c1[N+](=O)[O-]. The molecule has 0 spiro atoms. The highest BCUT2D eigenvalue weighted by Crippen LogP contribution is 2.37. The largest absolute Gasteiger partial charge is 0.574 e. The molecule has 18 heavy (non-hydrogen) atoms. The van der Waals surface area contributed by atoms with Crippen LogP contribution in [-0.4, -0.2) is 23.4 Å². The molecule has 0 amide bonds. The van der Waals surface area contributed by atoms with Gasteiger partial charge in [0.15, 0.2) is 0 Å². The van der Waals surface area contributed by atoms with Crippen LogP contribution in [0.2, 0.25) is 0 Å². The molecule has 0 unspecified atom stereocenters. The quantitative estimate of drug-likeness (QED) is 0.477. The fraction of sp³-hybridized carbons (Fsp3) is 0.375. The van der Waals surface area contributed by atoms with Gasteiger partial charge in [0.2, 0.25) is 11.6 Å². The molecular weight excluding hydrogens is 264 g/mol. The van der Waals surface area contributed by atoms with Crippen LogP contribution in [0.5, 0.6) is 11.6 Å². The van der Waals surface area contributed by atoms with Crippen molar-refractivity contribution in [3.05, 3.63) is 21.9 Å². The first kappa shape index (κ1) is 13.9. The molecule has 0 atom stereocenters. The van der Waals surface area contributed by atoms with Crippen LogP contribution in [-0.2, 0) is 6.67 Å². The van der Waals surface area contributed by atoms with Gasteiger partial charge in [-0.25, -0.2) is 9.37 Å². The van der Waals surface area contributed by atoms with Gasteiger partial charge in [-0.15, -0.1) is 13.2 Å². The number of methoxy groups -OCH3 is 1. The predicted molar refractivity (Wildman–Crippen MR) is 48.9 cm³/mol. The molecule has 1 aromatic rings.